The van der Waals surface area contributed by atoms with Gasteiger partial charge in [-0.05, 0) is 23.8 Å². The summed E-state index contributed by atoms with van der Waals surface area (Å²) in [6, 6.07) is 13.0. The summed E-state index contributed by atoms with van der Waals surface area (Å²) in [6.07, 6.45) is -0.600. The highest BCUT2D eigenvalue weighted by molar-refractivity contribution is 5.76. The van der Waals surface area contributed by atoms with E-state index in [2.05, 4.69) is 15.6 Å². The molecule has 2 aromatic carbocycles. The van der Waals surface area contributed by atoms with Gasteiger partial charge in [0.1, 0.15) is 17.9 Å². The van der Waals surface area contributed by atoms with Crippen LogP contribution in [0.1, 0.15) is 5.56 Å². The van der Waals surface area contributed by atoms with E-state index >= 15 is 0 Å². The Balaban J connectivity index is 1.55. The summed E-state index contributed by atoms with van der Waals surface area (Å²) in [5, 5.41) is 10.3. The molecule has 3 aromatic rings. The number of ether oxygens (including phenoxy) is 1. The summed E-state index contributed by atoms with van der Waals surface area (Å²) in [6.45, 7) is 0.378. The molecule has 3 rings (SSSR count). The van der Waals surface area contributed by atoms with Gasteiger partial charge in [-0.2, -0.15) is 0 Å². The monoisotopic (exact) mass is 342 g/mol. The lowest BCUT2D eigenvalue weighted by Gasteiger charge is -2.08. The van der Waals surface area contributed by atoms with Gasteiger partial charge >= 0.3 is 6.09 Å². The predicted molar refractivity (Wildman–Crippen MR) is 88.4 cm³/mol. The number of hydrogen-bond acceptors (Lipinski definition) is 5. The maximum atomic E-state index is 13.3. The summed E-state index contributed by atoms with van der Waals surface area (Å²) in [5.74, 6) is -0.522. The Labute approximate surface area is 142 Å². The molecule has 0 fully saturated rings. The van der Waals surface area contributed by atoms with Crippen LogP contribution >= 0.6 is 0 Å². The van der Waals surface area contributed by atoms with E-state index in [-0.39, 0.29) is 25.1 Å². The number of rotatable bonds is 5. The van der Waals surface area contributed by atoms with Crippen LogP contribution in [0.3, 0.4) is 0 Å². The molecule has 0 saturated carbocycles. The van der Waals surface area contributed by atoms with Crippen LogP contribution < -0.4 is 10.9 Å². The fourth-order valence-corrected chi connectivity index (χ4v) is 2.23. The zero-order valence-electron chi connectivity index (χ0n) is 13.2. The molecule has 8 heteroatoms. The summed E-state index contributed by atoms with van der Waals surface area (Å²) in [7, 11) is 0. The van der Waals surface area contributed by atoms with Gasteiger partial charge in [-0.3, -0.25) is 4.79 Å². The van der Waals surface area contributed by atoms with Gasteiger partial charge in [0.05, 0.1) is 11.9 Å². The zero-order chi connectivity index (χ0) is 17.6. The van der Waals surface area contributed by atoms with Gasteiger partial charge in [0, 0.05) is 6.54 Å². The predicted octanol–water partition coefficient (Wildman–Crippen LogP) is 1.86. The molecular formula is C17H15FN4O3. The minimum atomic E-state index is -0.600. The van der Waals surface area contributed by atoms with Crippen LogP contribution in [-0.4, -0.2) is 27.6 Å². The first-order valence-corrected chi connectivity index (χ1v) is 7.61. The van der Waals surface area contributed by atoms with E-state index in [9.17, 15) is 14.0 Å². The Hall–Kier alpha value is -3.29. The van der Waals surface area contributed by atoms with Gasteiger partial charge in [0.15, 0.2) is 0 Å². The van der Waals surface area contributed by atoms with E-state index in [0.717, 1.165) is 16.3 Å². The van der Waals surface area contributed by atoms with E-state index in [1.54, 1.807) is 0 Å². The fraction of sp³-hybridized carbons (Fsp3) is 0.176. The fourth-order valence-electron chi connectivity index (χ4n) is 2.23. The van der Waals surface area contributed by atoms with Crippen molar-refractivity contribution in [2.24, 2.45) is 0 Å². The lowest BCUT2D eigenvalue weighted by molar-refractivity contribution is 0.139. The highest BCUT2D eigenvalue weighted by Crippen LogP contribution is 2.07. The van der Waals surface area contributed by atoms with Crippen molar-refractivity contribution in [3.05, 3.63) is 70.3 Å². The molecule has 7 nitrogen and oxygen atoms in total. The second-order valence-electron chi connectivity index (χ2n) is 5.27. The van der Waals surface area contributed by atoms with Gasteiger partial charge in [0.25, 0.3) is 5.56 Å². The van der Waals surface area contributed by atoms with Gasteiger partial charge in [-0.15, -0.1) is 5.10 Å². The zero-order valence-corrected chi connectivity index (χ0v) is 13.2. The Morgan fingerprint density at radius 1 is 1.20 bits per heavy atom. The second kappa shape index (κ2) is 7.52. The maximum Gasteiger partial charge on any atom is 0.407 e. The number of carbonyl (C=O) groups excluding carboxylic acids is 1. The molecule has 1 heterocycles. The van der Waals surface area contributed by atoms with E-state index in [0.29, 0.717) is 5.52 Å². The molecule has 0 bridgehead atoms. The van der Waals surface area contributed by atoms with Gasteiger partial charge in [0.2, 0.25) is 0 Å². The molecule has 0 aliphatic heterocycles. The molecule has 0 radical (unpaired) electrons. The van der Waals surface area contributed by atoms with Gasteiger partial charge < -0.3 is 10.1 Å². The SMILES string of the molecule is O=C(NCCn1nnc2ccc(F)cc2c1=O)OCc1ccccc1. The molecule has 1 N–H and O–H groups in total. The van der Waals surface area contributed by atoms with E-state index in [1.807, 2.05) is 30.3 Å². The first-order valence-electron chi connectivity index (χ1n) is 7.61. The topological polar surface area (TPSA) is 86.1 Å². The summed E-state index contributed by atoms with van der Waals surface area (Å²) < 4.78 is 19.4. The van der Waals surface area contributed by atoms with Crippen molar-refractivity contribution in [3.8, 4) is 0 Å². The third-order valence-corrected chi connectivity index (χ3v) is 3.49. The molecule has 0 aliphatic rings. The summed E-state index contributed by atoms with van der Waals surface area (Å²) in [5.41, 5.74) is 0.720. The number of nitrogens with one attached hydrogen (secondary N) is 1. The Morgan fingerprint density at radius 3 is 2.80 bits per heavy atom. The largest absolute Gasteiger partial charge is 0.445 e. The van der Waals surface area contributed by atoms with Crippen LogP contribution in [0.4, 0.5) is 9.18 Å². The van der Waals surface area contributed by atoms with E-state index in [4.69, 9.17) is 4.74 Å². The van der Waals surface area contributed by atoms with E-state index in [1.165, 1.54) is 12.1 Å². The van der Waals surface area contributed by atoms with Crippen molar-refractivity contribution >= 4 is 17.0 Å². The van der Waals surface area contributed by atoms with Crippen molar-refractivity contribution in [1.29, 1.82) is 0 Å². The third kappa shape index (κ3) is 4.17. The Bertz CT molecular complexity index is 944. The molecular weight excluding hydrogens is 327 g/mol. The van der Waals surface area contributed by atoms with Crippen LogP contribution in [0.2, 0.25) is 0 Å². The molecule has 1 aromatic heterocycles. The molecule has 0 atom stereocenters. The molecule has 0 unspecified atom stereocenters. The number of halogens is 1. The van der Waals surface area contributed by atoms with Gasteiger partial charge in [-0.25, -0.2) is 13.9 Å². The minimum absolute atomic E-state index is 0.0960. The van der Waals surface area contributed by atoms with Crippen LogP contribution in [0, 0.1) is 5.82 Å². The van der Waals surface area contributed by atoms with Crippen molar-refractivity contribution < 1.29 is 13.9 Å². The number of nitrogens with zero attached hydrogens (tertiary/aromatic N) is 3. The molecule has 128 valence electrons. The molecule has 25 heavy (non-hydrogen) atoms. The maximum absolute atomic E-state index is 13.3. The highest BCUT2D eigenvalue weighted by atomic mass is 19.1. The number of amides is 1. The van der Waals surface area contributed by atoms with Crippen LogP contribution in [0.5, 0.6) is 0 Å². The van der Waals surface area contributed by atoms with Gasteiger partial charge in [-0.1, -0.05) is 35.5 Å². The average Bonchev–Trinajstić information content (AvgIpc) is 2.63. The number of benzene rings is 2. The molecule has 0 aliphatic carbocycles. The highest BCUT2D eigenvalue weighted by Gasteiger charge is 2.08. The lowest BCUT2D eigenvalue weighted by Crippen LogP contribution is -2.32. The first kappa shape index (κ1) is 16.6. The first-order chi connectivity index (χ1) is 12.1. The smallest absolute Gasteiger partial charge is 0.407 e. The molecule has 0 spiro atoms. The number of alkyl carbamates (subject to hydrolysis) is 1. The third-order valence-electron chi connectivity index (χ3n) is 3.49. The number of aromatic nitrogens is 3. The van der Waals surface area contributed by atoms with E-state index < -0.39 is 17.5 Å². The van der Waals surface area contributed by atoms with Crippen LogP contribution in [-0.2, 0) is 17.9 Å². The number of carbonyl (C=O) groups is 1. The lowest BCUT2D eigenvalue weighted by atomic mass is 10.2. The Kier molecular flexibility index (Phi) is 4.98. The molecule has 0 saturated heterocycles. The molecule has 1 amide bonds. The van der Waals surface area contributed by atoms with Crippen molar-refractivity contribution in [1.82, 2.24) is 20.3 Å². The number of hydrogen-bond donors (Lipinski definition) is 1. The summed E-state index contributed by atoms with van der Waals surface area (Å²) in [4.78, 5) is 23.9. The average molecular weight is 342 g/mol. The van der Waals surface area contributed by atoms with Crippen molar-refractivity contribution in [3.63, 3.8) is 0 Å². The second-order valence-corrected chi connectivity index (χ2v) is 5.27. The normalized spacial score (nSPS) is 10.6. The van der Waals surface area contributed by atoms with Crippen LogP contribution in [0.25, 0.3) is 10.9 Å². The van der Waals surface area contributed by atoms with Crippen LogP contribution in [0.15, 0.2) is 53.3 Å². The van der Waals surface area contributed by atoms with Crippen molar-refractivity contribution in [2.75, 3.05) is 6.54 Å². The van der Waals surface area contributed by atoms with Crippen molar-refractivity contribution in [2.45, 2.75) is 13.2 Å². The summed E-state index contributed by atoms with van der Waals surface area (Å²) >= 11 is 0. The standard InChI is InChI=1S/C17H15FN4O3/c18-13-6-7-15-14(10-13)16(23)22(21-20-15)9-8-19-17(24)25-11-12-4-2-1-3-5-12/h1-7,10H,8-9,11H2,(H,19,24). The Morgan fingerprint density at radius 2 is 2.00 bits per heavy atom. The number of fused-ring (bicyclic) bond motifs is 1. The quantitative estimate of drug-likeness (QED) is 0.765. The minimum Gasteiger partial charge on any atom is -0.445 e.